The fourth-order valence-electron chi connectivity index (χ4n) is 3.26. The third-order valence-electron chi connectivity index (χ3n) is 4.85. The predicted molar refractivity (Wildman–Crippen MR) is 118 cm³/mol. The average Bonchev–Trinajstić information content (AvgIpc) is 3.23. The van der Waals surface area contributed by atoms with Crippen LogP contribution in [0.5, 0.6) is 0 Å². The second-order valence-corrected chi connectivity index (χ2v) is 9.71. The summed E-state index contributed by atoms with van der Waals surface area (Å²) in [4.78, 5) is 12.4. The van der Waals surface area contributed by atoms with E-state index in [4.69, 9.17) is 25.2 Å². The van der Waals surface area contributed by atoms with Gasteiger partial charge in [-0.25, -0.2) is 0 Å². The topological polar surface area (TPSA) is 90.7 Å². The number of carbonyl (C=O) groups excluding carboxylic acids is 1. The quantitative estimate of drug-likeness (QED) is 0.455. The molecule has 1 amide bonds. The number of anilines is 1. The number of aryl methyl sites for hydroxylation is 1. The van der Waals surface area contributed by atoms with Gasteiger partial charge < -0.3 is 18.9 Å². The zero-order valence-electron chi connectivity index (χ0n) is 16.8. The van der Waals surface area contributed by atoms with Crippen LogP contribution in [-0.4, -0.2) is 24.3 Å². The zero-order valence-corrected chi connectivity index (χ0v) is 18.4. The van der Waals surface area contributed by atoms with Crippen molar-refractivity contribution in [3.05, 3.63) is 70.9 Å². The summed E-state index contributed by atoms with van der Waals surface area (Å²) in [6.45, 7) is 0.911. The third kappa shape index (κ3) is 5.83. The second kappa shape index (κ2) is 9.79. The van der Waals surface area contributed by atoms with E-state index in [0.29, 0.717) is 36.1 Å². The standard InChI is InChI=1S/C22H22ClN2O5P/c23-19-7-4-17(5-8-19)22-18(14-24-30-22)6-11-21(26)25-20-9-2-16(3-10-20)15-31(27)28-12-1-13-29-31/h2-5,7-10,14H,1,6,11-13,15H2,(H,25,26). The molecule has 0 atom stereocenters. The van der Waals surface area contributed by atoms with E-state index in [9.17, 15) is 9.36 Å². The molecule has 1 aliphatic rings. The van der Waals surface area contributed by atoms with Crippen LogP contribution >= 0.6 is 19.2 Å². The second-order valence-electron chi connectivity index (χ2n) is 7.22. The molecule has 0 aliphatic carbocycles. The van der Waals surface area contributed by atoms with Gasteiger partial charge in [-0.1, -0.05) is 28.9 Å². The summed E-state index contributed by atoms with van der Waals surface area (Å²) in [7, 11) is -3.06. The molecule has 0 radical (unpaired) electrons. The van der Waals surface area contributed by atoms with Crippen LogP contribution in [0.25, 0.3) is 11.3 Å². The lowest BCUT2D eigenvalue weighted by Gasteiger charge is -2.22. The first-order valence-corrected chi connectivity index (χ1v) is 12.1. The highest BCUT2D eigenvalue weighted by Crippen LogP contribution is 2.53. The van der Waals surface area contributed by atoms with Crippen molar-refractivity contribution >= 4 is 30.8 Å². The normalized spacial score (nSPS) is 15.5. The Morgan fingerprint density at radius 1 is 1.06 bits per heavy atom. The minimum atomic E-state index is -3.06. The van der Waals surface area contributed by atoms with Crippen LogP contribution in [0, 0.1) is 0 Å². The van der Waals surface area contributed by atoms with Crippen molar-refractivity contribution in [3.63, 3.8) is 0 Å². The minimum Gasteiger partial charge on any atom is -0.356 e. The molecule has 162 valence electrons. The van der Waals surface area contributed by atoms with Gasteiger partial charge in [-0.15, -0.1) is 0 Å². The molecule has 9 heteroatoms. The van der Waals surface area contributed by atoms with E-state index in [1.165, 1.54) is 0 Å². The first-order valence-electron chi connectivity index (χ1n) is 9.97. The Balaban J connectivity index is 1.31. The molecule has 0 unspecified atom stereocenters. The fourth-order valence-corrected chi connectivity index (χ4v) is 5.12. The lowest BCUT2D eigenvalue weighted by Crippen LogP contribution is -2.12. The van der Waals surface area contributed by atoms with E-state index < -0.39 is 7.60 Å². The van der Waals surface area contributed by atoms with E-state index in [0.717, 1.165) is 23.1 Å². The van der Waals surface area contributed by atoms with E-state index >= 15 is 0 Å². The van der Waals surface area contributed by atoms with Crippen molar-refractivity contribution in [2.45, 2.75) is 25.4 Å². The fraction of sp³-hybridized carbons (Fsp3) is 0.273. The summed E-state index contributed by atoms with van der Waals surface area (Å²) < 4.78 is 28.5. The van der Waals surface area contributed by atoms with Crippen LogP contribution in [0.1, 0.15) is 24.0 Å². The van der Waals surface area contributed by atoms with Gasteiger partial charge in [0, 0.05) is 28.3 Å². The number of nitrogens with one attached hydrogen (secondary N) is 1. The van der Waals surface area contributed by atoms with Crippen molar-refractivity contribution in [2.75, 3.05) is 18.5 Å². The summed E-state index contributed by atoms with van der Waals surface area (Å²) in [6.07, 6.45) is 3.38. The lowest BCUT2D eigenvalue weighted by atomic mass is 10.1. The monoisotopic (exact) mass is 460 g/mol. The van der Waals surface area contributed by atoms with Crippen molar-refractivity contribution < 1.29 is 22.9 Å². The van der Waals surface area contributed by atoms with Gasteiger partial charge in [-0.3, -0.25) is 9.36 Å². The molecule has 1 saturated heterocycles. The van der Waals surface area contributed by atoms with Crippen LogP contribution in [0.2, 0.25) is 5.02 Å². The third-order valence-corrected chi connectivity index (χ3v) is 7.01. The number of hydrogen-bond acceptors (Lipinski definition) is 6. The van der Waals surface area contributed by atoms with Crippen molar-refractivity contribution in [2.24, 2.45) is 0 Å². The lowest BCUT2D eigenvalue weighted by molar-refractivity contribution is -0.116. The maximum atomic E-state index is 12.5. The molecule has 1 aromatic heterocycles. The van der Waals surface area contributed by atoms with E-state index in [-0.39, 0.29) is 18.5 Å². The zero-order chi connectivity index (χ0) is 21.7. The Kier molecular flexibility index (Phi) is 6.88. The number of carbonyl (C=O) groups is 1. The largest absolute Gasteiger partial charge is 0.356 e. The number of halogens is 1. The number of aromatic nitrogens is 1. The molecule has 0 spiro atoms. The summed E-state index contributed by atoms with van der Waals surface area (Å²) in [5.74, 6) is 0.513. The molecule has 1 fully saturated rings. The maximum absolute atomic E-state index is 12.5. The van der Waals surface area contributed by atoms with Crippen molar-refractivity contribution in [1.82, 2.24) is 5.16 Å². The van der Waals surface area contributed by atoms with Crippen LogP contribution < -0.4 is 5.32 Å². The van der Waals surface area contributed by atoms with Gasteiger partial charge in [-0.05, 0) is 54.8 Å². The molecule has 2 aromatic carbocycles. The van der Waals surface area contributed by atoms with Crippen LogP contribution in [0.3, 0.4) is 0 Å². The smallest absolute Gasteiger partial charge is 0.335 e. The molecule has 4 rings (SSSR count). The molecular weight excluding hydrogens is 439 g/mol. The molecule has 1 aliphatic heterocycles. The Morgan fingerprint density at radius 2 is 1.77 bits per heavy atom. The highest BCUT2D eigenvalue weighted by Gasteiger charge is 2.28. The molecule has 3 aromatic rings. The molecule has 0 saturated carbocycles. The summed E-state index contributed by atoms with van der Waals surface area (Å²) in [5.41, 5.74) is 3.21. The van der Waals surface area contributed by atoms with Gasteiger partial charge in [0.25, 0.3) is 0 Å². The van der Waals surface area contributed by atoms with Crippen LogP contribution in [-0.2, 0) is 31.0 Å². The molecule has 2 heterocycles. The predicted octanol–water partition coefficient (Wildman–Crippen LogP) is 5.70. The number of nitrogens with zero attached hydrogens (tertiary/aromatic N) is 1. The number of benzene rings is 2. The van der Waals surface area contributed by atoms with Gasteiger partial charge in [0.15, 0.2) is 5.76 Å². The number of amides is 1. The Labute approximate surface area is 185 Å². The van der Waals surface area contributed by atoms with Gasteiger partial charge in [-0.2, -0.15) is 0 Å². The first kappa shape index (κ1) is 21.8. The van der Waals surface area contributed by atoms with Gasteiger partial charge >= 0.3 is 7.60 Å². The first-order chi connectivity index (χ1) is 15.0. The van der Waals surface area contributed by atoms with Gasteiger partial charge in [0.2, 0.25) is 5.91 Å². The van der Waals surface area contributed by atoms with Crippen LogP contribution in [0.4, 0.5) is 5.69 Å². The van der Waals surface area contributed by atoms with E-state index in [1.54, 1.807) is 30.5 Å². The number of rotatable bonds is 7. The van der Waals surface area contributed by atoms with Crippen molar-refractivity contribution in [3.8, 4) is 11.3 Å². The Bertz CT molecular complexity index is 1070. The molecule has 0 bridgehead atoms. The summed E-state index contributed by atoms with van der Waals surface area (Å²) in [6, 6.07) is 14.5. The molecular formula is C22H22ClN2O5P. The Morgan fingerprint density at radius 3 is 2.48 bits per heavy atom. The van der Waals surface area contributed by atoms with E-state index in [1.807, 2.05) is 24.3 Å². The van der Waals surface area contributed by atoms with Crippen molar-refractivity contribution in [1.29, 1.82) is 0 Å². The average molecular weight is 461 g/mol. The Hall–Kier alpha value is -2.44. The summed E-state index contributed by atoms with van der Waals surface area (Å²) in [5, 5.41) is 7.38. The molecule has 7 nitrogen and oxygen atoms in total. The summed E-state index contributed by atoms with van der Waals surface area (Å²) >= 11 is 5.93. The number of hydrogen-bond donors (Lipinski definition) is 1. The van der Waals surface area contributed by atoms with Gasteiger partial charge in [0.05, 0.1) is 25.6 Å². The molecule has 1 N–H and O–H groups in total. The van der Waals surface area contributed by atoms with E-state index in [2.05, 4.69) is 10.5 Å². The highest BCUT2D eigenvalue weighted by atomic mass is 35.5. The minimum absolute atomic E-state index is 0.122. The highest BCUT2D eigenvalue weighted by molar-refractivity contribution is 7.53. The molecule has 31 heavy (non-hydrogen) atoms. The van der Waals surface area contributed by atoms with Gasteiger partial charge in [0.1, 0.15) is 0 Å². The maximum Gasteiger partial charge on any atom is 0.335 e. The van der Waals surface area contributed by atoms with Crippen LogP contribution in [0.15, 0.2) is 59.3 Å². The SMILES string of the molecule is O=C(CCc1cnoc1-c1ccc(Cl)cc1)Nc1ccc(CP2(=O)OCCCO2)cc1.